The lowest BCUT2D eigenvalue weighted by Gasteiger charge is -2.13. The minimum Gasteiger partial charge on any atom is -0.396 e. The van der Waals surface area contributed by atoms with Crippen LogP contribution in [0.3, 0.4) is 0 Å². The predicted octanol–water partition coefficient (Wildman–Crippen LogP) is 6.20. The van der Waals surface area contributed by atoms with Crippen LogP contribution >= 0.6 is 24.2 Å². The summed E-state index contributed by atoms with van der Waals surface area (Å²) in [6.45, 7) is 0. The van der Waals surface area contributed by atoms with E-state index in [9.17, 15) is 4.39 Å². The van der Waals surface area contributed by atoms with Crippen molar-refractivity contribution in [2.75, 3.05) is 11.5 Å². The first-order valence-electron chi connectivity index (χ1n) is 9.93. The summed E-state index contributed by atoms with van der Waals surface area (Å²) in [6, 6.07) is 15.2. The molecule has 0 saturated carbocycles. The molecule has 4 rings (SSSR count). The van der Waals surface area contributed by atoms with Crippen molar-refractivity contribution in [3.05, 3.63) is 94.1 Å². The minimum absolute atomic E-state index is 0.162. The zero-order valence-electron chi connectivity index (χ0n) is 17.5. The fourth-order valence-corrected chi connectivity index (χ4v) is 3.74. The third-order valence-corrected chi connectivity index (χ3v) is 5.80. The lowest BCUT2D eigenvalue weighted by molar-refractivity contribution is 0.581. The third kappa shape index (κ3) is 4.60. The first-order valence-corrected chi connectivity index (χ1v) is 10.8. The first kappa shape index (κ1) is 23.3. The summed E-state index contributed by atoms with van der Waals surface area (Å²) in [6.07, 6.45) is 2.38. The Morgan fingerprint density at radius 2 is 1.65 bits per heavy atom. The van der Waals surface area contributed by atoms with Gasteiger partial charge in [0.25, 0.3) is 0 Å². The highest BCUT2D eigenvalue weighted by molar-refractivity contribution is 7.80. The van der Waals surface area contributed by atoms with Crippen molar-refractivity contribution < 1.29 is 8.78 Å². The molecule has 0 radical (unpaired) electrons. The molecule has 8 heteroatoms. The van der Waals surface area contributed by atoms with Gasteiger partial charge in [0.15, 0.2) is 5.82 Å². The zero-order valence-corrected chi connectivity index (χ0v) is 19.2. The maximum absolute atomic E-state index is 15.1. The molecular formula is C26H17ClF2N4S. The van der Waals surface area contributed by atoms with Gasteiger partial charge in [-0.2, -0.15) is 0 Å². The number of nitrogens with two attached hydrogens (primary N) is 2. The fourth-order valence-electron chi connectivity index (χ4n) is 3.36. The number of rotatable bonds is 3. The fraction of sp³-hybridized carbons (Fsp3) is 0. The number of thiol groups is 1. The van der Waals surface area contributed by atoms with Gasteiger partial charge in [-0.15, -0.1) is 12.6 Å². The Balaban J connectivity index is 1.78. The van der Waals surface area contributed by atoms with E-state index in [-0.39, 0.29) is 17.1 Å². The second-order valence-electron chi connectivity index (χ2n) is 7.34. The molecule has 1 heterocycles. The molecule has 0 aliphatic carbocycles. The summed E-state index contributed by atoms with van der Waals surface area (Å²) in [5.74, 6) is 3.45. The maximum atomic E-state index is 15.1. The summed E-state index contributed by atoms with van der Waals surface area (Å²) in [5, 5.41) is 7.93. The van der Waals surface area contributed by atoms with Crippen LogP contribution in [0.25, 0.3) is 22.3 Å². The number of hydrogen-bond acceptors (Lipinski definition) is 5. The number of nitrogens with zero attached hydrogens (tertiary/aromatic N) is 1. The smallest absolute Gasteiger partial charge is 0.165 e. The molecule has 0 saturated heterocycles. The second kappa shape index (κ2) is 9.56. The summed E-state index contributed by atoms with van der Waals surface area (Å²) in [4.78, 5) is 4.43. The zero-order chi connectivity index (χ0) is 24.4. The Morgan fingerprint density at radius 1 is 0.941 bits per heavy atom. The van der Waals surface area contributed by atoms with E-state index in [1.807, 2.05) is 18.2 Å². The first-order chi connectivity index (χ1) is 16.3. The highest BCUT2D eigenvalue weighted by atomic mass is 35.5. The van der Waals surface area contributed by atoms with Gasteiger partial charge in [-0.25, -0.2) is 13.8 Å². The van der Waals surface area contributed by atoms with Crippen molar-refractivity contribution in [3.8, 4) is 34.1 Å². The molecule has 1 aromatic heterocycles. The molecule has 34 heavy (non-hydrogen) atoms. The maximum Gasteiger partial charge on any atom is 0.165 e. The average Bonchev–Trinajstić information content (AvgIpc) is 2.83. The molecule has 168 valence electrons. The van der Waals surface area contributed by atoms with Crippen LogP contribution in [0.2, 0.25) is 5.02 Å². The summed E-state index contributed by atoms with van der Waals surface area (Å²) < 4.78 is 30.1. The van der Waals surface area contributed by atoms with Gasteiger partial charge in [0.05, 0.1) is 11.3 Å². The van der Waals surface area contributed by atoms with Gasteiger partial charge in [-0.05, 0) is 53.1 Å². The molecular weight excluding hydrogens is 474 g/mol. The van der Waals surface area contributed by atoms with Gasteiger partial charge >= 0.3 is 0 Å². The van der Waals surface area contributed by atoms with Gasteiger partial charge in [0, 0.05) is 39.0 Å². The van der Waals surface area contributed by atoms with Crippen molar-refractivity contribution in [3.63, 3.8) is 0 Å². The van der Waals surface area contributed by atoms with Gasteiger partial charge < -0.3 is 16.9 Å². The Labute approximate surface area is 205 Å². The van der Waals surface area contributed by atoms with E-state index < -0.39 is 17.2 Å². The quantitative estimate of drug-likeness (QED) is 0.119. The van der Waals surface area contributed by atoms with Crippen LogP contribution in [-0.2, 0) is 0 Å². The number of hydrogen-bond donors (Lipinski definition) is 4. The van der Waals surface area contributed by atoms with Gasteiger partial charge in [-0.3, -0.25) is 0 Å². The lowest BCUT2D eigenvalue weighted by Crippen LogP contribution is -2.02. The minimum atomic E-state index is -0.970. The highest BCUT2D eigenvalue weighted by Gasteiger charge is 2.18. The molecule has 0 spiro atoms. The van der Waals surface area contributed by atoms with E-state index in [0.29, 0.717) is 26.6 Å². The van der Waals surface area contributed by atoms with Crippen LogP contribution in [0, 0.1) is 28.9 Å². The third-order valence-electron chi connectivity index (χ3n) is 5.16. The van der Waals surface area contributed by atoms with Crippen molar-refractivity contribution in [1.82, 2.24) is 4.98 Å². The van der Waals surface area contributed by atoms with Crippen molar-refractivity contribution in [1.29, 1.82) is 5.41 Å². The Kier molecular flexibility index (Phi) is 6.55. The molecule has 0 fully saturated rings. The van der Waals surface area contributed by atoms with Crippen LogP contribution in [0.1, 0.15) is 16.7 Å². The highest BCUT2D eigenvalue weighted by Crippen LogP contribution is 2.37. The van der Waals surface area contributed by atoms with Gasteiger partial charge in [0.2, 0.25) is 0 Å². The molecule has 0 aliphatic heterocycles. The molecule has 0 amide bonds. The second-order valence-corrected chi connectivity index (χ2v) is 8.26. The SMILES string of the molecule is N=Cc1cc(C#Cc2c(F)cc(-c3cc(-c4ccc(Cl)cc4)ccc3S)c(N)c2F)cnc1N. The number of anilines is 2. The van der Waals surface area contributed by atoms with E-state index in [0.717, 1.165) is 23.4 Å². The van der Waals surface area contributed by atoms with E-state index in [1.165, 1.54) is 12.3 Å². The average molecular weight is 491 g/mol. The number of halogens is 3. The summed E-state index contributed by atoms with van der Waals surface area (Å²) >= 11 is 10.4. The van der Waals surface area contributed by atoms with Crippen molar-refractivity contribution in [2.45, 2.75) is 4.90 Å². The molecule has 5 N–H and O–H groups in total. The van der Waals surface area contributed by atoms with E-state index in [4.69, 9.17) is 28.5 Å². The number of aromatic nitrogens is 1. The molecule has 0 aliphatic rings. The number of pyridine rings is 1. The standard InChI is InChI=1S/C26H17ClF2N4S/c27-18-5-2-15(3-6-18)16-4-8-23(34)20(10-16)21-11-22(28)19(24(29)25(21)31)7-1-14-9-17(12-30)26(32)33-13-14/h2-6,8-13,30,34H,31H2,(H2,32,33). The molecule has 0 unspecified atom stereocenters. The van der Waals surface area contributed by atoms with Crippen LogP contribution in [0.4, 0.5) is 20.3 Å². The largest absolute Gasteiger partial charge is 0.396 e. The summed E-state index contributed by atoms with van der Waals surface area (Å²) in [7, 11) is 0. The van der Waals surface area contributed by atoms with E-state index in [1.54, 1.807) is 24.3 Å². The van der Waals surface area contributed by atoms with E-state index in [2.05, 4.69) is 29.5 Å². The molecule has 0 atom stereocenters. The molecule has 0 bridgehead atoms. The lowest BCUT2D eigenvalue weighted by atomic mass is 9.96. The number of benzene rings is 3. The van der Waals surface area contributed by atoms with Gasteiger partial charge in [0.1, 0.15) is 11.6 Å². The van der Waals surface area contributed by atoms with Crippen molar-refractivity contribution >= 4 is 41.9 Å². The Hall–Kier alpha value is -3.86. The summed E-state index contributed by atoms with van der Waals surface area (Å²) in [5.41, 5.74) is 14.1. The normalized spacial score (nSPS) is 10.5. The molecule has 4 nitrogen and oxygen atoms in total. The number of nitrogen functional groups attached to an aromatic ring is 2. The number of nitrogens with one attached hydrogen (secondary N) is 1. The van der Waals surface area contributed by atoms with Crippen LogP contribution in [0.15, 0.2) is 65.7 Å². The monoisotopic (exact) mass is 490 g/mol. The Bertz CT molecular complexity index is 1490. The molecule has 4 aromatic rings. The Morgan fingerprint density at radius 3 is 2.35 bits per heavy atom. The van der Waals surface area contributed by atoms with Crippen molar-refractivity contribution in [2.24, 2.45) is 0 Å². The topological polar surface area (TPSA) is 88.8 Å². The molecule has 3 aromatic carbocycles. The predicted molar refractivity (Wildman–Crippen MR) is 136 cm³/mol. The van der Waals surface area contributed by atoms with Gasteiger partial charge in [-0.1, -0.05) is 41.6 Å². The van der Waals surface area contributed by atoms with Crippen LogP contribution < -0.4 is 11.5 Å². The van der Waals surface area contributed by atoms with E-state index >= 15 is 4.39 Å². The van der Waals surface area contributed by atoms with Crippen LogP contribution in [-0.4, -0.2) is 11.2 Å². The van der Waals surface area contributed by atoms with Crippen LogP contribution in [0.5, 0.6) is 0 Å².